The zero-order valence-corrected chi connectivity index (χ0v) is 23.4. The van der Waals surface area contributed by atoms with Gasteiger partial charge in [-0.3, -0.25) is 9.59 Å². The highest BCUT2D eigenvalue weighted by Gasteiger charge is 2.76. The molecular weight excluding hydrogens is 520 g/mol. The number of carbonyl (C=O) groups is 3. The Morgan fingerprint density at radius 3 is 2.33 bits per heavy atom. The number of Topliss-reactive ketones (excluding diaryl/α,β-unsaturated/α-hetero) is 1. The van der Waals surface area contributed by atoms with Gasteiger partial charge in [0.1, 0.15) is 24.4 Å². The SMILES string of the molecule is CC(=O)OC[C@@]12CO[C@@H]1C[C@H](O)[C@@]1(C)C(=O)[C@H](O)C3=C(C)[C@@H](O)C[C@@](O)([C@@H](OC(=O)c4ccccc4)[C@H]21)C3(C)C. The number of benzene rings is 1. The Hall–Kier alpha value is -2.63. The molecule has 1 heterocycles. The Bertz CT molecular complexity index is 1260. The van der Waals surface area contributed by atoms with Gasteiger partial charge in [-0.05, 0) is 37.1 Å². The van der Waals surface area contributed by atoms with E-state index >= 15 is 0 Å². The summed E-state index contributed by atoms with van der Waals surface area (Å²) < 4.78 is 17.5. The molecule has 2 bridgehead atoms. The standard InChI is InChI=1S/C30H38O10/c1-15-18(32)12-30(37)25(40-26(36)17-9-7-6-8-10-17)23-28(5,24(35)22(34)21(15)27(30,3)4)19(33)11-20-29(23,14-39-20)13-38-16(2)31/h6-10,18-20,22-23,25,32-34,37H,11-14H2,1-5H3/t18-,19-,20+,22+,23-,25-,28+,29+,30+/m0/s1. The fourth-order valence-electron chi connectivity index (χ4n) is 7.92. The zero-order chi connectivity index (χ0) is 29.4. The average Bonchev–Trinajstić information content (AvgIpc) is 2.89. The van der Waals surface area contributed by atoms with Crippen molar-refractivity contribution in [1.82, 2.24) is 0 Å². The van der Waals surface area contributed by atoms with Crippen LogP contribution in [-0.2, 0) is 23.8 Å². The van der Waals surface area contributed by atoms with Crippen LogP contribution in [0.4, 0.5) is 0 Å². The van der Waals surface area contributed by atoms with Crippen molar-refractivity contribution in [2.75, 3.05) is 13.2 Å². The first-order valence-electron chi connectivity index (χ1n) is 13.7. The summed E-state index contributed by atoms with van der Waals surface area (Å²) in [6.07, 6.45) is -6.76. The van der Waals surface area contributed by atoms with Crippen LogP contribution < -0.4 is 0 Å². The minimum atomic E-state index is -2.01. The van der Waals surface area contributed by atoms with Crippen molar-refractivity contribution in [2.45, 2.75) is 83.6 Å². The van der Waals surface area contributed by atoms with Crippen molar-refractivity contribution in [1.29, 1.82) is 0 Å². The van der Waals surface area contributed by atoms with Crippen LogP contribution in [0, 0.1) is 22.2 Å². The highest BCUT2D eigenvalue weighted by Crippen LogP contribution is 2.65. The number of fused-ring (bicyclic) bond motifs is 5. The van der Waals surface area contributed by atoms with E-state index in [1.165, 1.54) is 13.8 Å². The van der Waals surface area contributed by atoms with Crippen LogP contribution in [0.1, 0.15) is 57.8 Å². The molecule has 3 aliphatic carbocycles. The van der Waals surface area contributed by atoms with Crippen LogP contribution in [-0.4, -0.2) is 87.5 Å². The smallest absolute Gasteiger partial charge is 0.338 e. The highest BCUT2D eigenvalue weighted by molar-refractivity contribution is 5.94. The van der Waals surface area contributed by atoms with Crippen LogP contribution in [0.15, 0.2) is 41.5 Å². The molecule has 3 fully saturated rings. The van der Waals surface area contributed by atoms with Gasteiger partial charge in [-0.2, -0.15) is 0 Å². The molecule has 0 spiro atoms. The number of aliphatic hydroxyl groups is 4. The number of ether oxygens (including phenoxy) is 3. The van der Waals surface area contributed by atoms with Gasteiger partial charge in [0.05, 0.1) is 41.3 Å². The monoisotopic (exact) mass is 558 g/mol. The van der Waals surface area contributed by atoms with Crippen molar-refractivity contribution in [3.05, 3.63) is 47.0 Å². The minimum absolute atomic E-state index is 0.00146. The predicted octanol–water partition coefficient (Wildman–Crippen LogP) is 1.33. The molecule has 0 aromatic heterocycles. The van der Waals surface area contributed by atoms with E-state index in [0.29, 0.717) is 5.57 Å². The molecule has 0 amide bonds. The fraction of sp³-hybridized carbons (Fsp3) is 0.633. The molecule has 10 nitrogen and oxygen atoms in total. The van der Waals surface area contributed by atoms with Gasteiger partial charge < -0.3 is 34.6 Å². The third kappa shape index (κ3) is 3.76. The van der Waals surface area contributed by atoms with Crippen LogP contribution >= 0.6 is 0 Å². The lowest BCUT2D eigenvalue weighted by Crippen LogP contribution is -2.79. The van der Waals surface area contributed by atoms with E-state index in [1.807, 2.05) is 0 Å². The second-order valence-electron chi connectivity index (χ2n) is 12.6. The number of ketones is 1. The number of hydrogen-bond acceptors (Lipinski definition) is 10. The molecule has 0 unspecified atom stereocenters. The van der Waals surface area contributed by atoms with Crippen LogP contribution in [0.5, 0.6) is 0 Å². The first kappa shape index (κ1) is 28.9. The lowest BCUT2D eigenvalue weighted by Gasteiger charge is -2.68. The molecular formula is C30H38O10. The summed E-state index contributed by atoms with van der Waals surface area (Å²) in [4.78, 5) is 40.0. The molecule has 1 saturated heterocycles. The third-order valence-electron chi connectivity index (χ3n) is 10.4. The maximum absolute atomic E-state index is 14.4. The number of carbonyl (C=O) groups excluding carboxylic acids is 3. The third-order valence-corrected chi connectivity index (χ3v) is 10.4. The largest absolute Gasteiger partial charge is 0.465 e. The van der Waals surface area contributed by atoms with E-state index in [-0.39, 0.29) is 37.2 Å². The van der Waals surface area contributed by atoms with E-state index in [1.54, 1.807) is 51.1 Å². The van der Waals surface area contributed by atoms with Gasteiger partial charge in [0.25, 0.3) is 0 Å². The first-order valence-corrected chi connectivity index (χ1v) is 13.7. The van der Waals surface area contributed by atoms with Crippen LogP contribution in [0.25, 0.3) is 0 Å². The van der Waals surface area contributed by atoms with Gasteiger partial charge in [-0.15, -0.1) is 0 Å². The molecule has 2 saturated carbocycles. The number of hydrogen-bond donors (Lipinski definition) is 4. The van der Waals surface area contributed by atoms with Crippen LogP contribution in [0.2, 0.25) is 0 Å². The normalized spacial score (nSPS) is 42.0. The second-order valence-corrected chi connectivity index (χ2v) is 12.6. The summed E-state index contributed by atoms with van der Waals surface area (Å²) in [5.74, 6) is -3.23. The molecule has 1 aromatic rings. The van der Waals surface area contributed by atoms with Crippen molar-refractivity contribution in [3.8, 4) is 0 Å². The Morgan fingerprint density at radius 1 is 1.10 bits per heavy atom. The molecule has 218 valence electrons. The Kier molecular flexibility index (Phi) is 6.83. The molecule has 4 N–H and O–H groups in total. The van der Waals surface area contributed by atoms with Crippen molar-refractivity contribution < 1.29 is 49.0 Å². The summed E-state index contributed by atoms with van der Waals surface area (Å²) >= 11 is 0. The van der Waals surface area contributed by atoms with Gasteiger partial charge in [0, 0.05) is 31.1 Å². The molecule has 10 heteroatoms. The molecule has 9 atom stereocenters. The second kappa shape index (κ2) is 9.46. The summed E-state index contributed by atoms with van der Waals surface area (Å²) in [6, 6.07) is 8.17. The molecule has 5 rings (SSSR count). The maximum Gasteiger partial charge on any atom is 0.338 e. The van der Waals surface area contributed by atoms with E-state index in [0.717, 1.165) is 0 Å². The lowest BCUT2D eigenvalue weighted by atomic mass is 9.42. The maximum atomic E-state index is 14.4. The van der Waals surface area contributed by atoms with Crippen LogP contribution in [0.3, 0.4) is 0 Å². The fourth-order valence-corrected chi connectivity index (χ4v) is 7.92. The summed E-state index contributed by atoms with van der Waals surface area (Å²) in [7, 11) is 0. The molecule has 1 aliphatic heterocycles. The van der Waals surface area contributed by atoms with Gasteiger partial charge >= 0.3 is 11.9 Å². The first-order chi connectivity index (χ1) is 18.6. The summed E-state index contributed by atoms with van der Waals surface area (Å²) in [5, 5.41) is 47.0. The Morgan fingerprint density at radius 2 is 1.75 bits per heavy atom. The quantitative estimate of drug-likeness (QED) is 0.314. The molecule has 4 aliphatic rings. The van der Waals surface area contributed by atoms with Crippen molar-refractivity contribution in [3.63, 3.8) is 0 Å². The van der Waals surface area contributed by atoms with Gasteiger partial charge in [-0.1, -0.05) is 32.0 Å². The minimum Gasteiger partial charge on any atom is -0.465 e. The van der Waals surface area contributed by atoms with E-state index in [2.05, 4.69) is 0 Å². The van der Waals surface area contributed by atoms with E-state index < -0.39 is 76.0 Å². The van der Waals surface area contributed by atoms with Crippen molar-refractivity contribution >= 4 is 17.7 Å². The Balaban J connectivity index is 1.79. The van der Waals surface area contributed by atoms with Crippen molar-refractivity contribution in [2.24, 2.45) is 22.2 Å². The van der Waals surface area contributed by atoms with E-state index in [4.69, 9.17) is 14.2 Å². The number of rotatable bonds is 4. The summed E-state index contributed by atoms with van der Waals surface area (Å²) in [5.41, 5.74) is -5.59. The van der Waals surface area contributed by atoms with Gasteiger partial charge in [0.2, 0.25) is 0 Å². The summed E-state index contributed by atoms with van der Waals surface area (Å²) in [6.45, 7) is 7.42. The van der Waals surface area contributed by atoms with E-state index in [9.17, 15) is 34.8 Å². The van der Waals surface area contributed by atoms with Gasteiger partial charge in [-0.25, -0.2) is 4.79 Å². The number of aliphatic hydroxyl groups excluding tert-OH is 3. The Labute approximate surface area is 232 Å². The van der Waals surface area contributed by atoms with Gasteiger partial charge in [0.15, 0.2) is 5.78 Å². The zero-order valence-electron chi connectivity index (χ0n) is 23.4. The molecule has 0 radical (unpaired) electrons. The topological polar surface area (TPSA) is 160 Å². The lowest BCUT2D eigenvalue weighted by molar-refractivity contribution is -0.327. The average molecular weight is 559 g/mol. The number of esters is 2. The predicted molar refractivity (Wildman–Crippen MR) is 140 cm³/mol. The molecule has 40 heavy (non-hydrogen) atoms. The highest BCUT2D eigenvalue weighted by atomic mass is 16.6. The molecule has 1 aromatic carbocycles.